The van der Waals surface area contributed by atoms with Crippen molar-refractivity contribution >= 4 is 5.91 Å². The molecule has 4 rings (SSSR count). The van der Waals surface area contributed by atoms with Gasteiger partial charge in [0.2, 0.25) is 5.91 Å². The first-order valence-corrected chi connectivity index (χ1v) is 10.2. The van der Waals surface area contributed by atoms with Crippen molar-refractivity contribution in [1.29, 1.82) is 0 Å². The molecule has 1 N–H and O–H groups in total. The molecule has 0 fully saturated rings. The van der Waals surface area contributed by atoms with E-state index in [0.717, 1.165) is 27.9 Å². The third-order valence-electron chi connectivity index (χ3n) is 5.01. The second-order valence-corrected chi connectivity index (χ2v) is 7.24. The summed E-state index contributed by atoms with van der Waals surface area (Å²) in [6.07, 6.45) is 0.293. The van der Waals surface area contributed by atoms with Gasteiger partial charge >= 0.3 is 0 Å². The minimum Gasteiger partial charge on any atom is -0.354 e. The van der Waals surface area contributed by atoms with E-state index < -0.39 is 0 Å². The lowest BCUT2D eigenvalue weighted by atomic mass is 10.0. The summed E-state index contributed by atoms with van der Waals surface area (Å²) in [4.78, 5) is 24.4. The van der Waals surface area contributed by atoms with Gasteiger partial charge < -0.3 is 5.32 Å². The second kappa shape index (κ2) is 9.67. The molecule has 5 heteroatoms. The van der Waals surface area contributed by atoms with E-state index in [4.69, 9.17) is 0 Å². The molecule has 3 aromatic carbocycles. The number of hydrogen-bond acceptors (Lipinski definition) is 3. The molecule has 1 amide bonds. The van der Waals surface area contributed by atoms with Crippen molar-refractivity contribution in [1.82, 2.24) is 15.1 Å². The van der Waals surface area contributed by atoms with Crippen molar-refractivity contribution in [2.45, 2.75) is 13.0 Å². The van der Waals surface area contributed by atoms with E-state index in [2.05, 4.69) is 22.5 Å². The van der Waals surface area contributed by atoms with Crippen LogP contribution in [0.4, 0.5) is 0 Å². The number of carbonyl (C=O) groups excluding carboxylic acids is 1. The fraction of sp³-hybridized carbons (Fsp3) is 0.115. The van der Waals surface area contributed by atoms with E-state index in [9.17, 15) is 9.59 Å². The molecule has 0 spiro atoms. The number of benzene rings is 3. The van der Waals surface area contributed by atoms with Gasteiger partial charge in [0.05, 0.1) is 18.7 Å². The van der Waals surface area contributed by atoms with Crippen LogP contribution in [0, 0.1) is 0 Å². The molecular weight excluding hydrogens is 386 g/mol. The number of amides is 1. The van der Waals surface area contributed by atoms with Crippen LogP contribution in [0.25, 0.3) is 22.4 Å². The topological polar surface area (TPSA) is 64.0 Å². The summed E-state index contributed by atoms with van der Waals surface area (Å²) >= 11 is 0. The van der Waals surface area contributed by atoms with Gasteiger partial charge in [0.15, 0.2) is 0 Å². The number of nitrogens with zero attached hydrogens (tertiary/aromatic N) is 2. The quantitative estimate of drug-likeness (QED) is 0.503. The summed E-state index contributed by atoms with van der Waals surface area (Å²) in [6.45, 7) is 0.657. The Morgan fingerprint density at radius 3 is 2.03 bits per heavy atom. The lowest BCUT2D eigenvalue weighted by Gasteiger charge is -2.09. The van der Waals surface area contributed by atoms with Gasteiger partial charge in [-0.15, -0.1) is 0 Å². The Kier molecular flexibility index (Phi) is 6.33. The first-order valence-electron chi connectivity index (χ1n) is 10.2. The van der Waals surface area contributed by atoms with Crippen LogP contribution in [0.1, 0.15) is 5.56 Å². The molecule has 0 unspecified atom stereocenters. The summed E-state index contributed by atoms with van der Waals surface area (Å²) in [6, 6.07) is 31.0. The molecule has 1 aromatic heterocycles. The smallest absolute Gasteiger partial charge is 0.266 e. The Morgan fingerprint density at radius 1 is 0.742 bits per heavy atom. The van der Waals surface area contributed by atoms with Crippen molar-refractivity contribution in [3.05, 3.63) is 113 Å². The highest BCUT2D eigenvalue weighted by Crippen LogP contribution is 2.19. The average molecular weight is 409 g/mol. The highest BCUT2D eigenvalue weighted by atomic mass is 16.1. The Labute approximate surface area is 181 Å². The van der Waals surface area contributed by atoms with E-state index in [-0.39, 0.29) is 11.5 Å². The fourth-order valence-electron chi connectivity index (χ4n) is 3.37. The van der Waals surface area contributed by atoms with Crippen LogP contribution in [0.2, 0.25) is 0 Å². The van der Waals surface area contributed by atoms with Crippen molar-refractivity contribution in [3.8, 4) is 22.4 Å². The van der Waals surface area contributed by atoms with Gasteiger partial charge in [-0.05, 0) is 22.8 Å². The zero-order valence-electron chi connectivity index (χ0n) is 17.1. The monoisotopic (exact) mass is 409 g/mol. The molecular formula is C26H23N3O2. The minimum atomic E-state index is -0.189. The molecule has 0 atom stereocenters. The zero-order valence-corrected chi connectivity index (χ0v) is 17.1. The van der Waals surface area contributed by atoms with E-state index in [1.165, 1.54) is 10.7 Å². The van der Waals surface area contributed by atoms with Crippen LogP contribution in [0.5, 0.6) is 0 Å². The number of hydrogen-bond donors (Lipinski definition) is 1. The lowest BCUT2D eigenvalue weighted by molar-refractivity contribution is -0.120. The Morgan fingerprint density at radius 2 is 1.35 bits per heavy atom. The Balaban J connectivity index is 1.32. The van der Waals surface area contributed by atoms with Gasteiger partial charge in [-0.2, -0.15) is 5.10 Å². The predicted octanol–water partition coefficient (Wildman–Crippen LogP) is 3.94. The molecule has 0 saturated carbocycles. The Hall–Kier alpha value is -3.99. The molecule has 0 aliphatic rings. The summed E-state index contributed by atoms with van der Waals surface area (Å²) in [5.41, 5.74) is 4.69. The molecule has 4 aromatic rings. The molecule has 1 heterocycles. The van der Waals surface area contributed by atoms with Crippen molar-refractivity contribution in [2.75, 3.05) is 6.54 Å². The van der Waals surface area contributed by atoms with E-state index in [1.54, 1.807) is 6.07 Å². The largest absolute Gasteiger partial charge is 0.354 e. The van der Waals surface area contributed by atoms with Gasteiger partial charge in [-0.1, -0.05) is 84.9 Å². The standard InChI is InChI=1S/C26H23N3O2/c30-25(19-20-11-13-22(14-12-20)21-7-3-1-4-8-21)27-17-18-29-26(31)16-15-24(28-29)23-9-5-2-6-10-23/h1-16H,17-19H2,(H,27,30). The summed E-state index contributed by atoms with van der Waals surface area (Å²) < 4.78 is 1.39. The van der Waals surface area contributed by atoms with Gasteiger partial charge in [0.1, 0.15) is 0 Å². The van der Waals surface area contributed by atoms with E-state index in [0.29, 0.717) is 19.5 Å². The molecule has 5 nitrogen and oxygen atoms in total. The van der Waals surface area contributed by atoms with Crippen LogP contribution >= 0.6 is 0 Å². The van der Waals surface area contributed by atoms with Gasteiger partial charge in [0, 0.05) is 18.2 Å². The first kappa shape index (κ1) is 20.3. The van der Waals surface area contributed by atoms with Crippen LogP contribution in [-0.2, 0) is 17.8 Å². The maximum atomic E-state index is 12.3. The average Bonchev–Trinajstić information content (AvgIpc) is 2.82. The van der Waals surface area contributed by atoms with Crippen molar-refractivity contribution in [2.24, 2.45) is 0 Å². The summed E-state index contributed by atoms with van der Waals surface area (Å²) in [5.74, 6) is -0.0836. The SMILES string of the molecule is O=C(Cc1ccc(-c2ccccc2)cc1)NCCn1nc(-c2ccccc2)ccc1=O. The molecule has 0 aliphatic carbocycles. The van der Waals surface area contributed by atoms with Crippen LogP contribution in [0.15, 0.2) is 102 Å². The van der Waals surface area contributed by atoms with Crippen LogP contribution in [-0.4, -0.2) is 22.2 Å². The summed E-state index contributed by atoms with van der Waals surface area (Å²) in [7, 11) is 0. The minimum absolute atomic E-state index is 0.0836. The van der Waals surface area contributed by atoms with Gasteiger partial charge in [0.25, 0.3) is 5.56 Å². The molecule has 0 aliphatic heterocycles. The third-order valence-corrected chi connectivity index (χ3v) is 5.01. The highest BCUT2D eigenvalue weighted by Gasteiger charge is 2.06. The van der Waals surface area contributed by atoms with Gasteiger partial charge in [-0.25, -0.2) is 4.68 Å². The number of aromatic nitrogens is 2. The maximum Gasteiger partial charge on any atom is 0.266 e. The lowest BCUT2D eigenvalue weighted by Crippen LogP contribution is -2.32. The molecule has 0 bridgehead atoms. The molecule has 154 valence electrons. The van der Waals surface area contributed by atoms with E-state index >= 15 is 0 Å². The van der Waals surface area contributed by atoms with Crippen LogP contribution in [0.3, 0.4) is 0 Å². The predicted molar refractivity (Wildman–Crippen MR) is 123 cm³/mol. The normalized spacial score (nSPS) is 10.6. The number of rotatable bonds is 7. The molecule has 0 radical (unpaired) electrons. The van der Waals surface area contributed by atoms with Crippen LogP contribution < -0.4 is 10.9 Å². The van der Waals surface area contributed by atoms with Crippen molar-refractivity contribution in [3.63, 3.8) is 0 Å². The van der Waals surface area contributed by atoms with Crippen molar-refractivity contribution < 1.29 is 4.79 Å². The number of carbonyl (C=O) groups is 1. The maximum absolute atomic E-state index is 12.3. The molecule has 0 saturated heterocycles. The first-order chi connectivity index (χ1) is 15.2. The molecule has 31 heavy (non-hydrogen) atoms. The fourth-order valence-corrected chi connectivity index (χ4v) is 3.37. The highest BCUT2D eigenvalue weighted by molar-refractivity contribution is 5.78. The number of nitrogens with one attached hydrogen (secondary N) is 1. The Bertz CT molecular complexity index is 1200. The summed E-state index contributed by atoms with van der Waals surface area (Å²) in [5, 5.41) is 7.29. The second-order valence-electron chi connectivity index (χ2n) is 7.24. The van der Waals surface area contributed by atoms with E-state index in [1.807, 2.05) is 72.8 Å². The van der Waals surface area contributed by atoms with Gasteiger partial charge in [-0.3, -0.25) is 9.59 Å². The third kappa shape index (κ3) is 5.34. The zero-order chi connectivity index (χ0) is 21.5.